The molecule has 2 saturated carbocycles. The number of nitrogens with zero attached hydrogens (tertiary/aromatic N) is 1. The van der Waals surface area contributed by atoms with Gasteiger partial charge in [-0.1, -0.05) is 61.8 Å². The first kappa shape index (κ1) is 23.0. The lowest BCUT2D eigenvalue weighted by Crippen LogP contribution is -2.43. The smallest absolute Gasteiger partial charge is 0.373 e. The second-order valence-electron chi connectivity index (χ2n) is 10.4. The molecular weight excluding hydrogens is 444 g/mol. The van der Waals surface area contributed by atoms with Crippen LogP contribution in [-0.4, -0.2) is 17.6 Å². The Bertz CT molecular complexity index is 1440. The van der Waals surface area contributed by atoms with Crippen LogP contribution in [0.3, 0.4) is 0 Å². The van der Waals surface area contributed by atoms with Crippen molar-refractivity contribution in [2.75, 3.05) is 5.32 Å². The molecule has 0 aliphatic heterocycles. The summed E-state index contributed by atoms with van der Waals surface area (Å²) in [7, 11) is 0. The Balaban J connectivity index is 1.41. The molecule has 2 fully saturated rings. The van der Waals surface area contributed by atoms with Gasteiger partial charge in [-0.2, -0.15) is 0 Å². The number of oxime groups is 1. The van der Waals surface area contributed by atoms with Gasteiger partial charge < -0.3 is 14.6 Å². The second-order valence-corrected chi connectivity index (χ2v) is 10.4. The van der Waals surface area contributed by atoms with Crippen molar-refractivity contribution in [1.29, 1.82) is 0 Å². The van der Waals surface area contributed by atoms with Crippen molar-refractivity contribution in [2.45, 2.75) is 47.0 Å². The Morgan fingerprint density at radius 2 is 1.74 bits per heavy atom. The minimum Gasteiger partial charge on any atom is -0.422 e. The molecule has 180 valence electrons. The fraction of sp³-hybridized carbons (Fsp3) is 0.357. The van der Waals surface area contributed by atoms with Crippen molar-refractivity contribution in [3.8, 4) is 0 Å². The summed E-state index contributed by atoms with van der Waals surface area (Å²) < 4.78 is 5.24. The van der Waals surface area contributed by atoms with Crippen LogP contribution in [0.5, 0.6) is 0 Å². The first-order valence-electron chi connectivity index (χ1n) is 11.8. The van der Waals surface area contributed by atoms with Crippen LogP contribution in [-0.2, 0) is 9.63 Å². The fourth-order valence-electron chi connectivity index (χ4n) is 5.76. The number of aryl methyl sites for hydroxylation is 1. The standard InChI is InChI=1S/C28H28N2O5/c1-17-9-11-19(12-10-17)29-25(33)28-14-13-27(4,26(28,2)3)22(16-28)30-35-24(32)20-15-18-7-5-6-8-21(18)34-23(20)31/h5-12,15H,13-14,16H2,1-4H3,(H,29,33). The molecule has 3 aromatic rings. The summed E-state index contributed by atoms with van der Waals surface area (Å²) in [6.07, 6.45) is 1.85. The van der Waals surface area contributed by atoms with Gasteiger partial charge in [0.05, 0.1) is 11.1 Å². The lowest BCUT2D eigenvalue weighted by molar-refractivity contribution is -0.130. The summed E-state index contributed by atoms with van der Waals surface area (Å²) in [6, 6.07) is 16.1. The molecule has 7 heteroatoms. The summed E-state index contributed by atoms with van der Waals surface area (Å²) >= 11 is 0. The molecule has 1 aromatic heterocycles. The van der Waals surface area contributed by atoms with Crippen LogP contribution in [0.1, 0.15) is 56.0 Å². The summed E-state index contributed by atoms with van der Waals surface area (Å²) in [4.78, 5) is 43.9. The van der Waals surface area contributed by atoms with Crippen LogP contribution >= 0.6 is 0 Å². The molecular formula is C28H28N2O5. The van der Waals surface area contributed by atoms with Crippen molar-refractivity contribution in [3.05, 3.63) is 76.1 Å². The maximum atomic E-state index is 13.6. The van der Waals surface area contributed by atoms with Gasteiger partial charge in [0.1, 0.15) is 11.1 Å². The number of nitrogens with one attached hydrogen (secondary N) is 1. The van der Waals surface area contributed by atoms with Gasteiger partial charge in [-0.25, -0.2) is 9.59 Å². The highest BCUT2D eigenvalue weighted by Crippen LogP contribution is 2.71. The van der Waals surface area contributed by atoms with Gasteiger partial charge in [0.15, 0.2) is 0 Å². The Kier molecular flexibility index (Phi) is 5.20. The summed E-state index contributed by atoms with van der Waals surface area (Å²) in [5.74, 6) is -0.930. The molecule has 0 radical (unpaired) electrons. The Labute approximate surface area is 203 Å². The number of amides is 1. The van der Waals surface area contributed by atoms with Crippen molar-refractivity contribution < 1.29 is 18.8 Å². The highest BCUT2D eigenvalue weighted by molar-refractivity contribution is 6.06. The minimum absolute atomic E-state index is 0.0539. The molecule has 2 aromatic carbocycles. The maximum Gasteiger partial charge on any atom is 0.373 e. The third kappa shape index (κ3) is 3.40. The first-order valence-corrected chi connectivity index (χ1v) is 11.8. The predicted octanol–water partition coefficient (Wildman–Crippen LogP) is 5.47. The van der Waals surface area contributed by atoms with E-state index in [1.54, 1.807) is 24.3 Å². The maximum absolute atomic E-state index is 13.6. The molecule has 0 saturated heterocycles. The minimum atomic E-state index is -0.876. The molecule has 5 rings (SSSR count). The van der Waals surface area contributed by atoms with Gasteiger partial charge in [0.2, 0.25) is 5.91 Å². The van der Waals surface area contributed by atoms with E-state index in [1.807, 2.05) is 31.2 Å². The van der Waals surface area contributed by atoms with Crippen LogP contribution in [0.25, 0.3) is 11.0 Å². The lowest BCUT2D eigenvalue weighted by atomic mass is 9.64. The van der Waals surface area contributed by atoms with E-state index in [1.165, 1.54) is 6.07 Å². The molecule has 35 heavy (non-hydrogen) atoms. The molecule has 1 amide bonds. The molecule has 7 nitrogen and oxygen atoms in total. The second kappa shape index (κ2) is 7.90. The van der Waals surface area contributed by atoms with E-state index in [0.29, 0.717) is 23.1 Å². The zero-order valence-electron chi connectivity index (χ0n) is 20.3. The third-order valence-electron chi connectivity index (χ3n) is 8.58. The highest BCUT2D eigenvalue weighted by Gasteiger charge is 2.71. The van der Waals surface area contributed by atoms with Crippen LogP contribution in [0.15, 0.2) is 69.0 Å². The van der Waals surface area contributed by atoms with Crippen LogP contribution in [0, 0.1) is 23.2 Å². The van der Waals surface area contributed by atoms with Gasteiger partial charge in [-0.05, 0) is 49.4 Å². The van der Waals surface area contributed by atoms with Gasteiger partial charge in [-0.3, -0.25) is 4.79 Å². The zero-order chi connectivity index (χ0) is 25.0. The van der Waals surface area contributed by atoms with Crippen molar-refractivity contribution in [2.24, 2.45) is 21.4 Å². The van der Waals surface area contributed by atoms with E-state index in [0.717, 1.165) is 24.1 Å². The van der Waals surface area contributed by atoms with Crippen LogP contribution in [0.2, 0.25) is 0 Å². The average Bonchev–Trinajstić information content (AvgIpc) is 3.14. The third-order valence-corrected chi connectivity index (χ3v) is 8.58. The quantitative estimate of drug-likeness (QED) is 0.308. The number of hydrogen-bond donors (Lipinski definition) is 1. The van der Waals surface area contributed by atoms with Crippen LogP contribution < -0.4 is 10.9 Å². The van der Waals surface area contributed by atoms with Crippen molar-refractivity contribution in [1.82, 2.24) is 0 Å². The summed E-state index contributed by atoms with van der Waals surface area (Å²) in [5.41, 5.74) is 0.408. The Hall–Kier alpha value is -3.74. The molecule has 0 spiro atoms. The van der Waals surface area contributed by atoms with E-state index in [2.05, 4.69) is 31.2 Å². The van der Waals surface area contributed by atoms with E-state index in [4.69, 9.17) is 9.25 Å². The number of fused-ring (bicyclic) bond motifs is 3. The van der Waals surface area contributed by atoms with E-state index in [9.17, 15) is 14.4 Å². The molecule has 1 N–H and O–H groups in total. The number of carbonyl (C=O) groups excluding carboxylic acids is 2. The number of carbonyl (C=O) groups is 2. The Morgan fingerprint density at radius 1 is 1.03 bits per heavy atom. The SMILES string of the molecule is Cc1ccc(NC(=O)C23CCC(C)(C(=NOC(=O)c4cc5ccccc5oc4=O)C2)C3(C)C)cc1. The molecule has 1 heterocycles. The number of rotatable bonds is 4. The summed E-state index contributed by atoms with van der Waals surface area (Å²) in [6.45, 7) is 8.23. The fourth-order valence-corrected chi connectivity index (χ4v) is 5.76. The first-order chi connectivity index (χ1) is 16.6. The largest absolute Gasteiger partial charge is 0.422 e. The summed E-state index contributed by atoms with van der Waals surface area (Å²) in [5, 5.41) is 7.92. The van der Waals surface area contributed by atoms with E-state index >= 15 is 0 Å². The van der Waals surface area contributed by atoms with Gasteiger partial charge in [-0.15, -0.1) is 0 Å². The van der Waals surface area contributed by atoms with E-state index in [-0.39, 0.29) is 11.5 Å². The molecule has 2 unspecified atom stereocenters. The van der Waals surface area contributed by atoms with Gasteiger partial charge in [0, 0.05) is 22.9 Å². The number of para-hydroxylation sites is 1. The average molecular weight is 473 g/mol. The number of anilines is 1. The number of benzene rings is 2. The number of hydrogen-bond acceptors (Lipinski definition) is 6. The lowest BCUT2D eigenvalue weighted by Gasteiger charge is -2.39. The molecule has 2 bridgehead atoms. The van der Waals surface area contributed by atoms with Gasteiger partial charge in [0.25, 0.3) is 0 Å². The molecule has 2 aliphatic carbocycles. The normalized spacial score (nSPS) is 25.7. The predicted molar refractivity (Wildman–Crippen MR) is 133 cm³/mol. The highest BCUT2D eigenvalue weighted by atomic mass is 16.7. The Morgan fingerprint density at radius 3 is 2.49 bits per heavy atom. The van der Waals surface area contributed by atoms with Crippen molar-refractivity contribution in [3.63, 3.8) is 0 Å². The van der Waals surface area contributed by atoms with E-state index < -0.39 is 27.8 Å². The zero-order valence-corrected chi connectivity index (χ0v) is 20.3. The van der Waals surface area contributed by atoms with Crippen molar-refractivity contribution >= 4 is 34.2 Å². The monoisotopic (exact) mass is 472 g/mol. The molecule has 2 atom stereocenters. The van der Waals surface area contributed by atoms with Gasteiger partial charge >= 0.3 is 11.6 Å². The van der Waals surface area contributed by atoms with Crippen LogP contribution in [0.4, 0.5) is 5.69 Å². The molecule has 2 aliphatic rings. The topological polar surface area (TPSA) is 98.0 Å².